The summed E-state index contributed by atoms with van der Waals surface area (Å²) in [7, 11) is 0. The van der Waals surface area contributed by atoms with E-state index in [2.05, 4.69) is 0 Å². The first-order chi connectivity index (χ1) is 6.15. The van der Waals surface area contributed by atoms with E-state index in [1.807, 2.05) is 19.1 Å². The topological polar surface area (TPSA) is 72.3 Å². The highest BCUT2D eigenvalue weighted by Gasteiger charge is 2.05. The average molecular weight is 217 g/mol. The maximum Gasteiger partial charge on any atom is 0.118 e. The highest BCUT2D eigenvalue weighted by Crippen LogP contribution is 2.21. The van der Waals surface area contributed by atoms with Crippen LogP contribution >= 0.6 is 12.4 Å². The number of hydrogen-bond acceptors (Lipinski definition) is 3. The SMILES string of the molecule is Cc1cc([C@H](N)CCN)ccc1O.Cl. The molecule has 0 aromatic heterocycles. The van der Waals surface area contributed by atoms with Gasteiger partial charge in [-0.25, -0.2) is 0 Å². The molecule has 0 amide bonds. The van der Waals surface area contributed by atoms with E-state index in [9.17, 15) is 5.11 Å². The quantitative estimate of drug-likeness (QED) is 0.717. The van der Waals surface area contributed by atoms with Crippen molar-refractivity contribution in [2.45, 2.75) is 19.4 Å². The number of aromatic hydroxyl groups is 1. The van der Waals surface area contributed by atoms with Crippen LogP contribution in [0.15, 0.2) is 18.2 Å². The molecule has 0 aliphatic rings. The van der Waals surface area contributed by atoms with Crippen molar-refractivity contribution in [2.75, 3.05) is 6.54 Å². The molecule has 0 saturated heterocycles. The van der Waals surface area contributed by atoms with Crippen LogP contribution in [0.25, 0.3) is 0 Å². The summed E-state index contributed by atoms with van der Waals surface area (Å²) in [5.41, 5.74) is 13.1. The minimum absolute atomic E-state index is 0. The molecule has 5 N–H and O–H groups in total. The number of aryl methyl sites for hydroxylation is 1. The summed E-state index contributed by atoms with van der Waals surface area (Å²) >= 11 is 0. The molecule has 14 heavy (non-hydrogen) atoms. The van der Waals surface area contributed by atoms with Crippen molar-refractivity contribution in [3.05, 3.63) is 29.3 Å². The lowest BCUT2D eigenvalue weighted by atomic mass is 10.0. The Hall–Kier alpha value is -0.770. The molecule has 0 aliphatic heterocycles. The van der Waals surface area contributed by atoms with Gasteiger partial charge in [-0.15, -0.1) is 12.4 Å². The van der Waals surface area contributed by atoms with Gasteiger partial charge in [0.05, 0.1) is 0 Å². The first-order valence-electron chi connectivity index (χ1n) is 4.40. The van der Waals surface area contributed by atoms with Crippen molar-refractivity contribution in [1.82, 2.24) is 0 Å². The maximum atomic E-state index is 9.29. The van der Waals surface area contributed by atoms with Crippen LogP contribution in [-0.2, 0) is 0 Å². The minimum Gasteiger partial charge on any atom is -0.508 e. The van der Waals surface area contributed by atoms with Gasteiger partial charge in [-0.05, 0) is 37.1 Å². The monoisotopic (exact) mass is 216 g/mol. The van der Waals surface area contributed by atoms with Gasteiger partial charge in [-0.2, -0.15) is 0 Å². The van der Waals surface area contributed by atoms with Crippen LogP contribution in [0.5, 0.6) is 5.75 Å². The van der Waals surface area contributed by atoms with E-state index in [0.29, 0.717) is 12.3 Å². The summed E-state index contributed by atoms with van der Waals surface area (Å²) in [6, 6.07) is 5.38. The highest BCUT2D eigenvalue weighted by atomic mass is 35.5. The second-order valence-electron chi connectivity index (χ2n) is 3.23. The summed E-state index contributed by atoms with van der Waals surface area (Å²) in [4.78, 5) is 0. The van der Waals surface area contributed by atoms with Gasteiger partial charge < -0.3 is 16.6 Å². The first-order valence-corrected chi connectivity index (χ1v) is 4.40. The molecule has 1 rings (SSSR count). The number of hydrogen-bond donors (Lipinski definition) is 3. The van der Waals surface area contributed by atoms with E-state index in [1.165, 1.54) is 0 Å². The first kappa shape index (κ1) is 13.2. The second-order valence-corrected chi connectivity index (χ2v) is 3.23. The fourth-order valence-electron chi connectivity index (χ4n) is 1.26. The van der Waals surface area contributed by atoms with Crippen molar-refractivity contribution < 1.29 is 5.11 Å². The summed E-state index contributed by atoms with van der Waals surface area (Å²) in [5, 5.41) is 9.29. The molecule has 0 radical (unpaired) electrons. The van der Waals surface area contributed by atoms with Crippen molar-refractivity contribution in [3.63, 3.8) is 0 Å². The van der Waals surface area contributed by atoms with E-state index in [1.54, 1.807) is 6.07 Å². The Balaban J connectivity index is 0.00000169. The summed E-state index contributed by atoms with van der Waals surface area (Å²) in [5.74, 6) is 0.309. The van der Waals surface area contributed by atoms with Crippen LogP contribution in [0.1, 0.15) is 23.6 Å². The lowest BCUT2D eigenvalue weighted by Crippen LogP contribution is -2.15. The normalized spacial score (nSPS) is 11.9. The second kappa shape index (κ2) is 5.86. The van der Waals surface area contributed by atoms with Crippen LogP contribution in [0.4, 0.5) is 0 Å². The molecular formula is C10H17ClN2O. The van der Waals surface area contributed by atoms with Gasteiger partial charge in [0.2, 0.25) is 0 Å². The Morgan fingerprint density at radius 2 is 2.07 bits per heavy atom. The summed E-state index contributed by atoms with van der Waals surface area (Å²) < 4.78 is 0. The molecule has 0 aliphatic carbocycles. The lowest BCUT2D eigenvalue weighted by Gasteiger charge is -2.11. The van der Waals surface area contributed by atoms with Crippen molar-refractivity contribution in [3.8, 4) is 5.75 Å². The minimum atomic E-state index is -0.0238. The number of rotatable bonds is 3. The third kappa shape index (κ3) is 3.18. The Bertz CT molecular complexity index is 291. The van der Waals surface area contributed by atoms with Gasteiger partial charge >= 0.3 is 0 Å². The van der Waals surface area contributed by atoms with Crippen LogP contribution in [0.2, 0.25) is 0 Å². The number of phenolic OH excluding ortho intramolecular Hbond substituents is 1. The Morgan fingerprint density at radius 3 is 2.57 bits per heavy atom. The molecule has 0 bridgehead atoms. The van der Waals surface area contributed by atoms with Gasteiger partial charge in [0.15, 0.2) is 0 Å². The number of halogens is 1. The fourth-order valence-corrected chi connectivity index (χ4v) is 1.26. The number of benzene rings is 1. The third-order valence-electron chi connectivity index (χ3n) is 2.13. The van der Waals surface area contributed by atoms with Gasteiger partial charge in [-0.3, -0.25) is 0 Å². The van der Waals surface area contributed by atoms with Crippen molar-refractivity contribution >= 4 is 12.4 Å². The van der Waals surface area contributed by atoms with Gasteiger partial charge in [0.25, 0.3) is 0 Å². The zero-order valence-electron chi connectivity index (χ0n) is 8.23. The van der Waals surface area contributed by atoms with E-state index < -0.39 is 0 Å². The van der Waals surface area contributed by atoms with E-state index >= 15 is 0 Å². The number of nitrogens with two attached hydrogens (primary N) is 2. The molecule has 1 atom stereocenters. The molecule has 0 unspecified atom stereocenters. The Kier molecular flexibility index (Phi) is 5.53. The average Bonchev–Trinajstić information content (AvgIpc) is 2.10. The van der Waals surface area contributed by atoms with Crippen LogP contribution in [0, 0.1) is 6.92 Å². The van der Waals surface area contributed by atoms with Gasteiger partial charge in [0.1, 0.15) is 5.75 Å². The predicted molar refractivity (Wildman–Crippen MR) is 60.7 cm³/mol. The summed E-state index contributed by atoms with van der Waals surface area (Å²) in [6.45, 7) is 2.44. The molecule has 3 nitrogen and oxygen atoms in total. The molecule has 4 heteroatoms. The third-order valence-corrected chi connectivity index (χ3v) is 2.13. The summed E-state index contributed by atoms with van der Waals surface area (Å²) in [6.07, 6.45) is 0.768. The fraction of sp³-hybridized carbons (Fsp3) is 0.400. The largest absolute Gasteiger partial charge is 0.508 e. The van der Waals surface area contributed by atoms with Crippen LogP contribution in [0.3, 0.4) is 0 Å². The molecule has 0 heterocycles. The van der Waals surface area contributed by atoms with Crippen LogP contribution < -0.4 is 11.5 Å². The van der Waals surface area contributed by atoms with E-state index in [-0.39, 0.29) is 18.4 Å². The predicted octanol–water partition coefficient (Wildman–Crippen LogP) is 1.47. The Labute approximate surface area is 90.5 Å². The maximum absolute atomic E-state index is 9.29. The van der Waals surface area contributed by atoms with Crippen molar-refractivity contribution in [1.29, 1.82) is 0 Å². The van der Waals surface area contributed by atoms with Gasteiger partial charge in [-0.1, -0.05) is 12.1 Å². The van der Waals surface area contributed by atoms with Crippen LogP contribution in [-0.4, -0.2) is 11.7 Å². The lowest BCUT2D eigenvalue weighted by molar-refractivity contribution is 0.470. The van der Waals surface area contributed by atoms with E-state index in [0.717, 1.165) is 17.5 Å². The van der Waals surface area contributed by atoms with E-state index in [4.69, 9.17) is 11.5 Å². The van der Waals surface area contributed by atoms with Gasteiger partial charge in [0, 0.05) is 6.04 Å². The zero-order valence-corrected chi connectivity index (χ0v) is 9.05. The molecule has 1 aromatic rings. The molecule has 1 aromatic carbocycles. The highest BCUT2D eigenvalue weighted by molar-refractivity contribution is 5.85. The molecule has 80 valence electrons. The smallest absolute Gasteiger partial charge is 0.118 e. The number of phenols is 1. The molecule has 0 spiro atoms. The molecule has 0 saturated carbocycles. The molecular weight excluding hydrogens is 200 g/mol. The molecule has 0 fully saturated rings. The standard InChI is InChI=1S/C10H16N2O.ClH/c1-7-6-8(2-3-10(7)13)9(12)4-5-11;/h2-3,6,9,13H,4-5,11-12H2,1H3;1H/t9-;/m1./s1. The zero-order chi connectivity index (χ0) is 9.84. The Morgan fingerprint density at radius 1 is 1.43 bits per heavy atom. The van der Waals surface area contributed by atoms with Crippen molar-refractivity contribution in [2.24, 2.45) is 11.5 Å².